The highest BCUT2D eigenvalue weighted by molar-refractivity contribution is 6.16. The Morgan fingerprint density at radius 3 is 1.77 bits per heavy atom. The molecular formula is C42H27NO. The summed E-state index contributed by atoms with van der Waals surface area (Å²) >= 11 is 0. The van der Waals surface area contributed by atoms with E-state index in [1.807, 2.05) is 12.1 Å². The zero-order valence-electron chi connectivity index (χ0n) is 23.9. The fourth-order valence-corrected chi connectivity index (χ4v) is 6.61. The van der Waals surface area contributed by atoms with Crippen molar-refractivity contribution < 1.29 is 4.42 Å². The lowest BCUT2D eigenvalue weighted by atomic mass is 9.99. The van der Waals surface area contributed by atoms with Gasteiger partial charge in [0, 0.05) is 27.8 Å². The normalized spacial score (nSPS) is 11.6. The highest BCUT2D eigenvalue weighted by Crippen LogP contribution is 2.40. The minimum Gasteiger partial charge on any atom is -0.456 e. The number of anilines is 3. The molecule has 2 heteroatoms. The van der Waals surface area contributed by atoms with Crippen molar-refractivity contribution >= 4 is 71.3 Å². The number of hydrogen-bond donors (Lipinski definition) is 0. The molecule has 0 spiro atoms. The molecule has 0 unspecified atom stereocenters. The summed E-state index contributed by atoms with van der Waals surface area (Å²) in [7, 11) is 0. The Morgan fingerprint density at radius 1 is 0.318 bits per heavy atom. The maximum Gasteiger partial charge on any atom is 0.136 e. The molecule has 0 radical (unpaired) electrons. The second-order valence-electron chi connectivity index (χ2n) is 11.4. The molecule has 0 aliphatic heterocycles. The fraction of sp³-hybridized carbons (Fsp3) is 0. The molecule has 0 amide bonds. The third kappa shape index (κ3) is 4.04. The van der Waals surface area contributed by atoms with Crippen LogP contribution in [0.1, 0.15) is 0 Å². The molecule has 0 saturated heterocycles. The van der Waals surface area contributed by atoms with Crippen LogP contribution in [0.5, 0.6) is 0 Å². The Balaban J connectivity index is 1.21. The van der Waals surface area contributed by atoms with E-state index in [0.29, 0.717) is 0 Å². The molecule has 0 atom stereocenters. The van der Waals surface area contributed by atoms with Crippen molar-refractivity contribution in [1.82, 2.24) is 0 Å². The SMILES string of the molecule is c1ccc(-c2ccc(N(c3ccc4ccccc4c3)c3ccc4c(ccc5cc6c(cc54)oc4ccccc46)c3)cc2)cc1. The lowest BCUT2D eigenvalue weighted by Crippen LogP contribution is -2.09. The van der Waals surface area contributed by atoms with Crippen LogP contribution < -0.4 is 4.90 Å². The van der Waals surface area contributed by atoms with Gasteiger partial charge in [0.15, 0.2) is 0 Å². The highest BCUT2D eigenvalue weighted by atomic mass is 16.3. The summed E-state index contributed by atoms with van der Waals surface area (Å²) in [5.74, 6) is 0. The van der Waals surface area contributed by atoms with E-state index in [1.165, 1.54) is 43.4 Å². The van der Waals surface area contributed by atoms with Crippen LogP contribution in [0.4, 0.5) is 17.1 Å². The molecule has 0 saturated carbocycles. The largest absolute Gasteiger partial charge is 0.456 e. The first kappa shape index (κ1) is 24.7. The van der Waals surface area contributed by atoms with Gasteiger partial charge in [-0.05, 0) is 98.0 Å². The van der Waals surface area contributed by atoms with Crippen LogP contribution in [0.25, 0.3) is 65.4 Å². The molecule has 9 aromatic rings. The Hall–Kier alpha value is -5.86. The van der Waals surface area contributed by atoms with Crippen molar-refractivity contribution in [3.63, 3.8) is 0 Å². The van der Waals surface area contributed by atoms with Crippen molar-refractivity contribution in [3.8, 4) is 11.1 Å². The predicted octanol–water partition coefficient (Wildman–Crippen LogP) is 12.2. The van der Waals surface area contributed by atoms with Crippen molar-refractivity contribution in [3.05, 3.63) is 164 Å². The zero-order chi connectivity index (χ0) is 29.0. The number of furan rings is 1. The smallest absolute Gasteiger partial charge is 0.136 e. The molecule has 8 aromatic carbocycles. The van der Waals surface area contributed by atoms with Gasteiger partial charge < -0.3 is 9.32 Å². The van der Waals surface area contributed by atoms with Crippen molar-refractivity contribution in [2.24, 2.45) is 0 Å². The van der Waals surface area contributed by atoms with E-state index in [2.05, 4.69) is 157 Å². The van der Waals surface area contributed by atoms with Gasteiger partial charge in [-0.25, -0.2) is 0 Å². The lowest BCUT2D eigenvalue weighted by molar-refractivity contribution is 0.669. The number of para-hydroxylation sites is 1. The van der Waals surface area contributed by atoms with Crippen molar-refractivity contribution in [2.75, 3.05) is 4.90 Å². The Kier molecular flexibility index (Phi) is 5.54. The third-order valence-corrected chi connectivity index (χ3v) is 8.80. The number of fused-ring (bicyclic) bond motifs is 7. The summed E-state index contributed by atoms with van der Waals surface area (Å²) in [6, 6.07) is 58.7. The van der Waals surface area contributed by atoms with Crippen molar-refractivity contribution in [1.29, 1.82) is 0 Å². The van der Waals surface area contributed by atoms with Gasteiger partial charge in [0.1, 0.15) is 11.2 Å². The minimum atomic E-state index is 0.923. The standard InChI is InChI=1S/C42H27NO/c1-2-8-28(9-3-1)30-16-19-34(20-17-30)43(35-21-18-29-10-4-5-11-31(29)24-35)36-22-23-37-32(25-36)14-15-33-26-40-38-12-6-7-13-41(38)44-42(40)27-39(33)37/h1-27H. The van der Waals surface area contributed by atoms with E-state index in [1.54, 1.807) is 0 Å². The zero-order valence-corrected chi connectivity index (χ0v) is 23.9. The Bertz CT molecular complexity index is 2490. The Morgan fingerprint density at radius 2 is 0.932 bits per heavy atom. The molecule has 0 aliphatic carbocycles. The van der Waals surface area contributed by atoms with Gasteiger partial charge in [-0.3, -0.25) is 0 Å². The summed E-state index contributed by atoms with van der Waals surface area (Å²) in [6.07, 6.45) is 0. The summed E-state index contributed by atoms with van der Waals surface area (Å²) in [6.45, 7) is 0. The van der Waals surface area contributed by atoms with Crippen LogP contribution in [0, 0.1) is 0 Å². The van der Waals surface area contributed by atoms with Gasteiger partial charge >= 0.3 is 0 Å². The van der Waals surface area contributed by atoms with E-state index < -0.39 is 0 Å². The quantitative estimate of drug-likeness (QED) is 0.199. The molecule has 2 nitrogen and oxygen atoms in total. The van der Waals surface area contributed by atoms with Gasteiger partial charge in [0.05, 0.1) is 0 Å². The lowest BCUT2D eigenvalue weighted by Gasteiger charge is -2.26. The molecule has 0 N–H and O–H groups in total. The van der Waals surface area contributed by atoms with Crippen LogP contribution in [0.2, 0.25) is 0 Å². The second kappa shape index (κ2) is 9.86. The van der Waals surface area contributed by atoms with E-state index in [9.17, 15) is 0 Å². The third-order valence-electron chi connectivity index (χ3n) is 8.80. The van der Waals surface area contributed by atoms with Crippen LogP contribution in [0.15, 0.2) is 168 Å². The topological polar surface area (TPSA) is 16.4 Å². The monoisotopic (exact) mass is 561 g/mol. The number of benzene rings is 8. The summed E-state index contributed by atoms with van der Waals surface area (Å²) in [5, 5.41) is 9.59. The summed E-state index contributed by atoms with van der Waals surface area (Å²) in [5.41, 5.74) is 7.62. The van der Waals surface area contributed by atoms with Crippen LogP contribution in [-0.4, -0.2) is 0 Å². The maximum absolute atomic E-state index is 6.26. The van der Waals surface area contributed by atoms with E-state index >= 15 is 0 Å². The summed E-state index contributed by atoms with van der Waals surface area (Å²) in [4.78, 5) is 2.35. The molecule has 206 valence electrons. The average Bonchev–Trinajstić information content (AvgIpc) is 3.45. The average molecular weight is 562 g/mol. The van der Waals surface area contributed by atoms with Gasteiger partial charge in [0.25, 0.3) is 0 Å². The molecular weight excluding hydrogens is 534 g/mol. The van der Waals surface area contributed by atoms with Crippen molar-refractivity contribution in [2.45, 2.75) is 0 Å². The molecule has 44 heavy (non-hydrogen) atoms. The molecule has 9 rings (SSSR count). The molecule has 0 bridgehead atoms. The van der Waals surface area contributed by atoms with Gasteiger partial charge in [-0.1, -0.05) is 109 Å². The van der Waals surface area contributed by atoms with Crippen LogP contribution >= 0.6 is 0 Å². The van der Waals surface area contributed by atoms with E-state index in [0.717, 1.165) is 39.0 Å². The minimum absolute atomic E-state index is 0.923. The maximum atomic E-state index is 6.26. The number of rotatable bonds is 4. The van der Waals surface area contributed by atoms with Crippen LogP contribution in [0.3, 0.4) is 0 Å². The molecule has 1 heterocycles. The predicted molar refractivity (Wildman–Crippen MR) is 186 cm³/mol. The van der Waals surface area contributed by atoms with Gasteiger partial charge in [0.2, 0.25) is 0 Å². The first-order valence-corrected chi connectivity index (χ1v) is 15.0. The molecule has 1 aromatic heterocycles. The van der Waals surface area contributed by atoms with E-state index in [4.69, 9.17) is 4.42 Å². The first-order valence-electron chi connectivity index (χ1n) is 15.0. The van der Waals surface area contributed by atoms with Gasteiger partial charge in [-0.2, -0.15) is 0 Å². The second-order valence-corrected chi connectivity index (χ2v) is 11.4. The molecule has 0 fully saturated rings. The number of nitrogens with zero attached hydrogens (tertiary/aromatic N) is 1. The fourth-order valence-electron chi connectivity index (χ4n) is 6.61. The first-order chi connectivity index (χ1) is 21.8. The number of hydrogen-bond acceptors (Lipinski definition) is 2. The molecule has 0 aliphatic rings. The highest BCUT2D eigenvalue weighted by Gasteiger charge is 2.16. The van der Waals surface area contributed by atoms with Gasteiger partial charge in [-0.15, -0.1) is 0 Å². The van der Waals surface area contributed by atoms with E-state index in [-0.39, 0.29) is 0 Å². The van der Waals surface area contributed by atoms with Crippen LogP contribution in [-0.2, 0) is 0 Å². The Labute approximate surface area is 255 Å². The summed E-state index contributed by atoms with van der Waals surface area (Å²) < 4.78 is 6.26.